The molecule has 0 aromatic heterocycles. The van der Waals surface area contributed by atoms with Gasteiger partial charge in [0.1, 0.15) is 0 Å². The summed E-state index contributed by atoms with van der Waals surface area (Å²) < 4.78 is 5.12. The Kier molecular flexibility index (Phi) is 7.16. The van der Waals surface area contributed by atoms with Gasteiger partial charge in [0.2, 0.25) is 0 Å². The van der Waals surface area contributed by atoms with Crippen LogP contribution in [0.25, 0.3) is 0 Å². The maximum absolute atomic E-state index is 8.54. The number of nitrogens with zero attached hydrogens (tertiary/aromatic N) is 1. The number of aliphatic hydroxyl groups excluding tert-OH is 1. The molecule has 3 nitrogen and oxygen atoms in total. The van der Waals surface area contributed by atoms with Gasteiger partial charge in [0.15, 0.2) is 0 Å². The van der Waals surface area contributed by atoms with Crippen LogP contribution in [0.15, 0.2) is 0 Å². The number of hydrogen-bond acceptors (Lipinski definition) is 3. The molecule has 1 aliphatic rings. The summed E-state index contributed by atoms with van der Waals surface area (Å²) in [6.07, 6.45) is 0. The van der Waals surface area contributed by atoms with E-state index in [1.807, 2.05) is 0 Å². The maximum atomic E-state index is 8.54. The molecular weight excluding hydrogens is 141 g/mol. The van der Waals surface area contributed by atoms with Crippen molar-refractivity contribution in [2.45, 2.75) is 0 Å². The second-order valence-corrected chi connectivity index (χ2v) is 2.18. The molecule has 1 saturated heterocycles. The largest absolute Gasteiger partial charge is 1.00 e. The van der Waals surface area contributed by atoms with Crippen LogP contribution < -0.4 is 29.6 Å². The first kappa shape index (κ1) is 10.9. The minimum absolute atomic E-state index is 0. The second-order valence-electron chi connectivity index (χ2n) is 2.18. The average molecular weight is 155 g/mol. The zero-order valence-corrected chi connectivity index (χ0v) is 8.55. The molecular formula is C6H14NNaO2. The van der Waals surface area contributed by atoms with Crippen LogP contribution in [-0.2, 0) is 4.74 Å². The topological polar surface area (TPSA) is 32.7 Å². The molecule has 0 radical (unpaired) electrons. The van der Waals surface area contributed by atoms with Gasteiger partial charge in [-0.3, -0.25) is 4.90 Å². The van der Waals surface area contributed by atoms with E-state index < -0.39 is 0 Å². The zero-order chi connectivity index (χ0) is 6.53. The van der Waals surface area contributed by atoms with Crippen molar-refractivity contribution in [1.29, 1.82) is 0 Å². The minimum Gasteiger partial charge on any atom is -1.00 e. The third kappa shape index (κ3) is 3.91. The molecule has 0 aliphatic carbocycles. The summed E-state index contributed by atoms with van der Waals surface area (Å²) in [5.41, 5.74) is 0. The van der Waals surface area contributed by atoms with Gasteiger partial charge in [0.05, 0.1) is 19.8 Å². The Morgan fingerprint density at radius 3 is 2.50 bits per heavy atom. The molecule has 1 fully saturated rings. The Morgan fingerprint density at radius 1 is 1.40 bits per heavy atom. The Balaban J connectivity index is 0. The van der Waals surface area contributed by atoms with Crippen molar-refractivity contribution in [2.75, 3.05) is 39.5 Å². The quantitative estimate of drug-likeness (QED) is 0.419. The fourth-order valence-electron chi connectivity index (χ4n) is 0.966. The van der Waals surface area contributed by atoms with Gasteiger partial charge in [-0.15, -0.1) is 0 Å². The summed E-state index contributed by atoms with van der Waals surface area (Å²) in [4.78, 5) is 2.20. The van der Waals surface area contributed by atoms with Gasteiger partial charge in [-0.2, -0.15) is 0 Å². The van der Waals surface area contributed by atoms with Gasteiger partial charge >= 0.3 is 29.6 Å². The molecule has 0 aromatic carbocycles. The number of ether oxygens (including phenoxy) is 1. The predicted molar refractivity (Wildman–Crippen MR) is 35.5 cm³/mol. The molecule has 0 spiro atoms. The second kappa shape index (κ2) is 6.58. The van der Waals surface area contributed by atoms with Crippen molar-refractivity contribution in [1.82, 2.24) is 4.90 Å². The van der Waals surface area contributed by atoms with Gasteiger partial charge in [-0.1, -0.05) is 0 Å². The third-order valence-corrected chi connectivity index (χ3v) is 1.52. The van der Waals surface area contributed by atoms with E-state index in [0.717, 1.165) is 32.8 Å². The normalized spacial score (nSPS) is 20.1. The van der Waals surface area contributed by atoms with Gasteiger partial charge in [-0.05, 0) is 0 Å². The van der Waals surface area contributed by atoms with E-state index in [1.54, 1.807) is 0 Å². The molecule has 0 saturated carbocycles. The summed E-state index contributed by atoms with van der Waals surface area (Å²) in [5.74, 6) is 0. The van der Waals surface area contributed by atoms with Crippen molar-refractivity contribution in [2.24, 2.45) is 0 Å². The summed E-state index contributed by atoms with van der Waals surface area (Å²) in [6, 6.07) is 0. The first-order valence-electron chi connectivity index (χ1n) is 3.34. The fourth-order valence-corrected chi connectivity index (χ4v) is 0.966. The van der Waals surface area contributed by atoms with E-state index in [1.165, 1.54) is 0 Å². The van der Waals surface area contributed by atoms with E-state index in [-0.39, 0.29) is 37.6 Å². The predicted octanol–water partition coefficient (Wildman–Crippen LogP) is -3.57. The van der Waals surface area contributed by atoms with Crippen molar-refractivity contribution in [3.05, 3.63) is 0 Å². The molecule has 1 N–H and O–H groups in total. The Morgan fingerprint density at radius 2 is 2.00 bits per heavy atom. The molecule has 0 atom stereocenters. The molecule has 1 rings (SSSR count). The van der Waals surface area contributed by atoms with Gasteiger partial charge in [0.25, 0.3) is 0 Å². The van der Waals surface area contributed by atoms with E-state index in [0.29, 0.717) is 0 Å². The van der Waals surface area contributed by atoms with Crippen LogP contribution in [0.2, 0.25) is 0 Å². The number of aliphatic hydroxyl groups is 1. The molecule has 0 amide bonds. The number of rotatable bonds is 2. The zero-order valence-electron chi connectivity index (χ0n) is 7.55. The van der Waals surface area contributed by atoms with Crippen LogP contribution in [0.1, 0.15) is 1.43 Å². The van der Waals surface area contributed by atoms with Crippen molar-refractivity contribution in [3.63, 3.8) is 0 Å². The first-order chi connectivity index (χ1) is 4.43. The van der Waals surface area contributed by atoms with Crippen molar-refractivity contribution < 1.29 is 40.8 Å². The SMILES string of the molecule is OCCN1CCOCC1.[H-].[Na+]. The van der Waals surface area contributed by atoms with Crippen LogP contribution in [0, 0.1) is 0 Å². The summed E-state index contributed by atoms with van der Waals surface area (Å²) >= 11 is 0. The summed E-state index contributed by atoms with van der Waals surface area (Å²) in [5, 5.41) is 8.54. The van der Waals surface area contributed by atoms with E-state index in [4.69, 9.17) is 9.84 Å². The standard InChI is InChI=1S/C6H13NO2.Na.H/c8-4-1-7-2-5-9-6-3-7;;/h8H,1-6H2;;/q;+1;-1. The fraction of sp³-hybridized carbons (Fsp3) is 1.00. The van der Waals surface area contributed by atoms with Gasteiger partial charge < -0.3 is 11.3 Å². The van der Waals surface area contributed by atoms with Crippen molar-refractivity contribution >= 4 is 0 Å². The molecule has 4 heteroatoms. The van der Waals surface area contributed by atoms with Crippen LogP contribution >= 0.6 is 0 Å². The van der Waals surface area contributed by atoms with E-state index in [9.17, 15) is 0 Å². The number of hydrogen-bond donors (Lipinski definition) is 1. The smallest absolute Gasteiger partial charge is 1.00 e. The first-order valence-corrected chi connectivity index (χ1v) is 3.34. The number of β-amino-alcohol motifs (C(OH)–C–C–N with tert-alkyl or cyclic N) is 1. The average Bonchev–Trinajstić information content (AvgIpc) is 1.91. The molecule has 0 aromatic rings. The van der Waals surface area contributed by atoms with Crippen LogP contribution in [-0.4, -0.2) is 49.5 Å². The van der Waals surface area contributed by atoms with E-state index >= 15 is 0 Å². The van der Waals surface area contributed by atoms with Gasteiger partial charge in [0, 0.05) is 19.6 Å². The monoisotopic (exact) mass is 155 g/mol. The maximum Gasteiger partial charge on any atom is 1.00 e. The molecule has 56 valence electrons. The van der Waals surface area contributed by atoms with Crippen LogP contribution in [0.4, 0.5) is 0 Å². The Hall–Kier alpha value is 0.880. The molecule has 10 heavy (non-hydrogen) atoms. The van der Waals surface area contributed by atoms with Crippen LogP contribution in [0.3, 0.4) is 0 Å². The minimum atomic E-state index is 0. The van der Waals surface area contributed by atoms with Crippen LogP contribution in [0.5, 0.6) is 0 Å². The Labute approximate surface area is 85.1 Å². The van der Waals surface area contributed by atoms with E-state index in [2.05, 4.69) is 4.90 Å². The van der Waals surface area contributed by atoms with Gasteiger partial charge in [-0.25, -0.2) is 0 Å². The Bertz CT molecular complexity index is 78.2. The molecule has 0 bridgehead atoms. The third-order valence-electron chi connectivity index (χ3n) is 1.52. The summed E-state index contributed by atoms with van der Waals surface area (Å²) in [7, 11) is 0. The molecule has 1 aliphatic heterocycles. The molecule has 1 heterocycles. The summed E-state index contributed by atoms with van der Waals surface area (Å²) in [6.45, 7) is 4.64. The molecule has 0 unspecified atom stereocenters. The van der Waals surface area contributed by atoms with Crippen molar-refractivity contribution in [3.8, 4) is 0 Å². The number of morpholine rings is 1.